The minimum Gasteiger partial charge on any atom is -0.376 e. The first kappa shape index (κ1) is 9.39. The highest BCUT2D eigenvalue weighted by Crippen LogP contribution is 2.13. The van der Waals surface area contributed by atoms with Crippen molar-refractivity contribution in [1.29, 1.82) is 0 Å². The predicted molar refractivity (Wildman–Crippen MR) is 46.6 cm³/mol. The number of nitrogens with zero attached hydrogens (tertiary/aromatic N) is 2. The molecule has 1 fully saturated rings. The zero-order valence-electron chi connectivity index (χ0n) is 7.70. The van der Waals surface area contributed by atoms with Crippen molar-refractivity contribution < 1.29 is 9.13 Å². The average molecular weight is 201 g/mol. The first-order valence-electron chi connectivity index (χ1n) is 4.63. The molecule has 1 aliphatic rings. The first-order chi connectivity index (χ1) is 6.81. The smallest absolute Gasteiger partial charge is 0.343 e. The first-order valence-corrected chi connectivity index (χ1v) is 4.63. The SMILES string of the molecule is O=c1[nH]nc(CF)n1CC1CCCO1. The summed E-state index contributed by atoms with van der Waals surface area (Å²) in [6, 6.07) is 0. The normalized spacial score (nSPS) is 21.6. The number of hydrogen-bond acceptors (Lipinski definition) is 3. The second-order valence-corrected chi connectivity index (χ2v) is 3.32. The number of rotatable bonds is 3. The van der Waals surface area contributed by atoms with E-state index in [1.807, 2.05) is 0 Å². The summed E-state index contributed by atoms with van der Waals surface area (Å²) in [5.74, 6) is 0.144. The molecule has 1 aromatic heterocycles. The Bertz CT molecular complexity index is 354. The number of hydrogen-bond donors (Lipinski definition) is 1. The lowest BCUT2D eigenvalue weighted by atomic mass is 10.2. The molecular formula is C8H12FN3O2. The Morgan fingerprint density at radius 1 is 1.71 bits per heavy atom. The summed E-state index contributed by atoms with van der Waals surface area (Å²) in [4.78, 5) is 11.2. The van der Waals surface area contributed by atoms with Crippen LogP contribution in [0.3, 0.4) is 0 Å². The zero-order valence-corrected chi connectivity index (χ0v) is 7.70. The number of aromatic nitrogens is 3. The van der Waals surface area contributed by atoms with Crippen LogP contribution in [0.25, 0.3) is 0 Å². The van der Waals surface area contributed by atoms with Gasteiger partial charge in [-0.3, -0.25) is 4.57 Å². The molecule has 1 N–H and O–H groups in total. The summed E-state index contributed by atoms with van der Waals surface area (Å²) in [6.45, 7) is 0.391. The Morgan fingerprint density at radius 3 is 3.21 bits per heavy atom. The highest BCUT2D eigenvalue weighted by Gasteiger charge is 2.19. The van der Waals surface area contributed by atoms with Crippen molar-refractivity contribution in [2.75, 3.05) is 6.61 Å². The Morgan fingerprint density at radius 2 is 2.57 bits per heavy atom. The molecule has 5 nitrogen and oxygen atoms in total. The van der Waals surface area contributed by atoms with Gasteiger partial charge < -0.3 is 4.74 Å². The van der Waals surface area contributed by atoms with E-state index in [9.17, 15) is 9.18 Å². The topological polar surface area (TPSA) is 59.9 Å². The summed E-state index contributed by atoms with van der Waals surface area (Å²) >= 11 is 0. The molecule has 2 rings (SSSR count). The maximum atomic E-state index is 12.4. The maximum Gasteiger partial charge on any atom is 0.343 e. The number of aromatic amines is 1. The van der Waals surface area contributed by atoms with E-state index in [-0.39, 0.29) is 17.6 Å². The molecule has 6 heteroatoms. The lowest BCUT2D eigenvalue weighted by Crippen LogP contribution is -2.25. The molecule has 0 spiro atoms. The quantitative estimate of drug-likeness (QED) is 0.761. The van der Waals surface area contributed by atoms with Crippen LogP contribution in [0.15, 0.2) is 4.79 Å². The fourth-order valence-electron chi connectivity index (χ4n) is 1.63. The van der Waals surface area contributed by atoms with E-state index in [2.05, 4.69) is 10.2 Å². The van der Waals surface area contributed by atoms with Gasteiger partial charge in [-0.15, -0.1) is 0 Å². The van der Waals surface area contributed by atoms with Crippen molar-refractivity contribution in [3.8, 4) is 0 Å². The van der Waals surface area contributed by atoms with Gasteiger partial charge in [0.15, 0.2) is 5.82 Å². The van der Waals surface area contributed by atoms with Crippen molar-refractivity contribution in [3.05, 3.63) is 16.3 Å². The van der Waals surface area contributed by atoms with E-state index in [0.29, 0.717) is 6.54 Å². The summed E-state index contributed by atoms with van der Waals surface area (Å²) in [5.41, 5.74) is -0.367. The van der Waals surface area contributed by atoms with Crippen LogP contribution in [-0.4, -0.2) is 27.5 Å². The van der Waals surface area contributed by atoms with E-state index in [0.717, 1.165) is 19.4 Å². The van der Waals surface area contributed by atoms with Crippen molar-refractivity contribution in [2.45, 2.75) is 32.2 Å². The number of ether oxygens (including phenoxy) is 1. The van der Waals surface area contributed by atoms with E-state index in [4.69, 9.17) is 4.74 Å². The third-order valence-corrected chi connectivity index (χ3v) is 2.37. The van der Waals surface area contributed by atoms with Gasteiger partial charge in [-0.2, -0.15) is 5.10 Å². The minimum atomic E-state index is -0.731. The molecule has 0 radical (unpaired) electrons. The van der Waals surface area contributed by atoms with E-state index >= 15 is 0 Å². The third kappa shape index (κ3) is 1.70. The lowest BCUT2D eigenvalue weighted by Gasteiger charge is -2.09. The lowest BCUT2D eigenvalue weighted by molar-refractivity contribution is 0.0950. The van der Waals surface area contributed by atoms with E-state index < -0.39 is 6.67 Å². The van der Waals surface area contributed by atoms with Crippen LogP contribution < -0.4 is 5.69 Å². The molecule has 0 aliphatic carbocycles. The van der Waals surface area contributed by atoms with Gasteiger partial charge in [-0.05, 0) is 12.8 Å². The van der Waals surface area contributed by atoms with Crippen LogP contribution >= 0.6 is 0 Å². The van der Waals surface area contributed by atoms with Crippen LogP contribution in [0.5, 0.6) is 0 Å². The average Bonchev–Trinajstić information content (AvgIpc) is 2.79. The Labute approximate surface area is 79.9 Å². The fourth-order valence-corrected chi connectivity index (χ4v) is 1.63. The van der Waals surface area contributed by atoms with E-state index in [1.54, 1.807) is 0 Å². The monoisotopic (exact) mass is 201 g/mol. The molecule has 2 heterocycles. The summed E-state index contributed by atoms with van der Waals surface area (Å²) in [6.07, 6.45) is 1.95. The minimum absolute atomic E-state index is 0.0237. The van der Waals surface area contributed by atoms with Crippen molar-refractivity contribution >= 4 is 0 Å². The van der Waals surface area contributed by atoms with Gasteiger partial charge in [0.2, 0.25) is 0 Å². The number of H-pyrrole nitrogens is 1. The van der Waals surface area contributed by atoms with Gasteiger partial charge in [0.1, 0.15) is 6.67 Å². The molecule has 1 unspecified atom stereocenters. The molecule has 0 saturated carbocycles. The van der Waals surface area contributed by atoms with Crippen molar-refractivity contribution in [3.63, 3.8) is 0 Å². The molecule has 0 amide bonds. The summed E-state index contributed by atoms with van der Waals surface area (Å²) < 4.78 is 19.0. The van der Waals surface area contributed by atoms with Gasteiger partial charge in [0.05, 0.1) is 12.6 Å². The molecule has 14 heavy (non-hydrogen) atoms. The van der Waals surface area contributed by atoms with Crippen molar-refractivity contribution in [1.82, 2.24) is 14.8 Å². The number of alkyl halides is 1. The maximum absolute atomic E-state index is 12.4. The van der Waals surface area contributed by atoms with Crippen LogP contribution in [0, 0.1) is 0 Å². The highest BCUT2D eigenvalue weighted by atomic mass is 19.1. The van der Waals surface area contributed by atoms with Gasteiger partial charge in [-0.25, -0.2) is 14.3 Å². The predicted octanol–water partition coefficient (Wildman–Crippen LogP) is 0.220. The zero-order chi connectivity index (χ0) is 9.97. The van der Waals surface area contributed by atoms with E-state index in [1.165, 1.54) is 4.57 Å². The molecule has 78 valence electrons. The molecule has 0 aromatic carbocycles. The van der Waals surface area contributed by atoms with Crippen LogP contribution in [0.4, 0.5) is 4.39 Å². The summed E-state index contributed by atoms with van der Waals surface area (Å²) in [5, 5.41) is 5.80. The molecular weight excluding hydrogens is 189 g/mol. The number of halogens is 1. The standard InChI is InChI=1S/C8H12FN3O2/c9-4-7-10-11-8(13)12(7)5-6-2-1-3-14-6/h6H,1-5H2,(H,11,13). The Hall–Kier alpha value is -1.17. The summed E-state index contributed by atoms with van der Waals surface area (Å²) in [7, 11) is 0. The van der Waals surface area contributed by atoms with Crippen LogP contribution in [0.2, 0.25) is 0 Å². The number of nitrogens with one attached hydrogen (secondary N) is 1. The fraction of sp³-hybridized carbons (Fsp3) is 0.750. The molecule has 1 atom stereocenters. The third-order valence-electron chi connectivity index (χ3n) is 2.37. The van der Waals surface area contributed by atoms with Gasteiger partial charge in [0, 0.05) is 6.61 Å². The highest BCUT2D eigenvalue weighted by molar-refractivity contribution is 4.85. The van der Waals surface area contributed by atoms with Gasteiger partial charge in [0.25, 0.3) is 0 Å². The second-order valence-electron chi connectivity index (χ2n) is 3.32. The van der Waals surface area contributed by atoms with Crippen LogP contribution in [0.1, 0.15) is 18.7 Å². The van der Waals surface area contributed by atoms with Gasteiger partial charge >= 0.3 is 5.69 Å². The molecule has 1 saturated heterocycles. The Balaban J connectivity index is 2.13. The molecule has 1 aromatic rings. The van der Waals surface area contributed by atoms with Crippen molar-refractivity contribution in [2.24, 2.45) is 0 Å². The molecule has 0 bridgehead atoms. The largest absolute Gasteiger partial charge is 0.376 e. The Kier molecular flexibility index (Phi) is 2.62. The van der Waals surface area contributed by atoms with Gasteiger partial charge in [-0.1, -0.05) is 0 Å². The van der Waals surface area contributed by atoms with Crippen LogP contribution in [-0.2, 0) is 18.0 Å². The molecule has 1 aliphatic heterocycles. The second kappa shape index (κ2) is 3.91.